The number of rotatable bonds is 6. The second-order valence-corrected chi connectivity index (χ2v) is 10.9. The van der Waals surface area contributed by atoms with E-state index in [0.717, 1.165) is 44.9 Å². The van der Waals surface area contributed by atoms with Gasteiger partial charge in [0.1, 0.15) is 17.5 Å². The summed E-state index contributed by atoms with van der Waals surface area (Å²) in [6, 6.07) is 6.80. The van der Waals surface area contributed by atoms with E-state index in [4.69, 9.17) is 4.74 Å². The van der Waals surface area contributed by atoms with Crippen LogP contribution in [0.3, 0.4) is 0 Å². The maximum atomic E-state index is 14.9. The minimum Gasteiger partial charge on any atom is -0.441 e. The zero-order chi connectivity index (χ0) is 26.4. The summed E-state index contributed by atoms with van der Waals surface area (Å²) in [6.45, 7) is 4.86. The van der Waals surface area contributed by atoms with Crippen LogP contribution in [0.2, 0.25) is 0 Å². The first kappa shape index (κ1) is 26.0. The van der Waals surface area contributed by atoms with E-state index in [0.29, 0.717) is 0 Å². The Morgan fingerprint density at radius 2 is 1.75 bits per heavy atom. The molecule has 2 aromatic carbocycles. The van der Waals surface area contributed by atoms with Gasteiger partial charge < -0.3 is 4.74 Å². The van der Waals surface area contributed by atoms with Crippen molar-refractivity contribution < 1.29 is 26.7 Å². The summed E-state index contributed by atoms with van der Waals surface area (Å²) in [5, 5.41) is 4.02. The lowest BCUT2D eigenvalue weighted by atomic mass is 9.95. The van der Waals surface area contributed by atoms with Gasteiger partial charge in [-0.1, -0.05) is 38.2 Å². The first-order chi connectivity index (χ1) is 16.9. The molecule has 4 rings (SSSR count). The molecule has 0 radical (unpaired) electrons. The molecule has 0 atom stereocenters. The minimum absolute atomic E-state index is 0.00248. The summed E-state index contributed by atoms with van der Waals surface area (Å²) >= 11 is 3.76. The highest BCUT2D eigenvalue weighted by Gasteiger charge is 2.27. The summed E-state index contributed by atoms with van der Waals surface area (Å²) in [5.74, 6) is -2.74. The van der Waals surface area contributed by atoms with Crippen molar-refractivity contribution in [2.24, 2.45) is 0 Å². The third kappa shape index (κ3) is 5.07. The number of nitrogens with zero attached hydrogens (tertiary/aromatic N) is 4. The SMILES string of the molecule is CC(C)(C)c1nn(-c2ccc(Oc3sc(Br)nc3C(F)F)c(F)c2)c(=O)n1Cc1c(F)cccc1F. The number of hydrogen-bond acceptors (Lipinski definition) is 5. The van der Waals surface area contributed by atoms with Crippen LogP contribution in [0.5, 0.6) is 10.8 Å². The van der Waals surface area contributed by atoms with E-state index >= 15 is 0 Å². The predicted molar refractivity (Wildman–Crippen MR) is 127 cm³/mol. The van der Waals surface area contributed by atoms with Crippen molar-refractivity contribution in [3.05, 3.63) is 85.3 Å². The predicted octanol–water partition coefficient (Wildman–Crippen LogP) is 6.75. The van der Waals surface area contributed by atoms with Gasteiger partial charge in [0.15, 0.2) is 21.2 Å². The number of alkyl halides is 2. The van der Waals surface area contributed by atoms with Gasteiger partial charge in [0, 0.05) is 17.0 Å². The molecule has 4 aromatic rings. The van der Waals surface area contributed by atoms with Crippen molar-refractivity contribution >= 4 is 27.3 Å². The normalized spacial score (nSPS) is 11.9. The van der Waals surface area contributed by atoms with Crippen molar-refractivity contribution in [1.82, 2.24) is 19.3 Å². The summed E-state index contributed by atoms with van der Waals surface area (Å²) in [7, 11) is 0. The van der Waals surface area contributed by atoms with Gasteiger partial charge in [0.2, 0.25) is 5.06 Å². The summed E-state index contributed by atoms with van der Waals surface area (Å²) < 4.78 is 77.3. The van der Waals surface area contributed by atoms with Gasteiger partial charge >= 0.3 is 5.69 Å². The van der Waals surface area contributed by atoms with Crippen molar-refractivity contribution in [2.75, 3.05) is 0 Å². The fraction of sp³-hybridized carbons (Fsp3) is 0.261. The molecular formula is C23H18BrF5N4O2S. The van der Waals surface area contributed by atoms with Crippen LogP contribution < -0.4 is 10.4 Å². The van der Waals surface area contributed by atoms with Crippen LogP contribution in [0.4, 0.5) is 22.0 Å². The number of benzene rings is 2. The molecule has 2 heterocycles. The highest BCUT2D eigenvalue weighted by atomic mass is 79.9. The molecule has 0 N–H and O–H groups in total. The first-order valence-electron chi connectivity index (χ1n) is 10.4. The van der Waals surface area contributed by atoms with Crippen LogP contribution in [0, 0.1) is 17.5 Å². The maximum absolute atomic E-state index is 14.9. The molecule has 0 spiro atoms. The van der Waals surface area contributed by atoms with E-state index < -0.39 is 47.2 Å². The minimum atomic E-state index is -2.93. The number of thiazole rings is 1. The fourth-order valence-corrected chi connectivity index (χ4v) is 4.71. The van der Waals surface area contributed by atoms with Crippen LogP contribution in [-0.2, 0) is 12.0 Å². The molecule has 0 bridgehead atoms. The summed E-state index contributed by atoms with van der Waals surface area (Å²) in [5.41, 5.74) is -2.41. The second-order valence-electron chi connectivity index (χ2n) is 8.71. The Morgan fingerprint density at radius 1 is 1.08 bits per heavy atom. The smallest absolute Gasteiger partial charge is 0.351 e. The van der Waals surface area contributed by atoms with Crippen LogP contribution in [0.1, 0.15) is 44.3 Å². The Labute approximate surface area is 214 Å². The van der Waals surface area contributed by atoms with Crippen molar-refractivity contribution in [1.29, 1.82) is 0 Å². The van der Waals surface area contributed by atoms with E-state index in [1.807, 2.05) is 0 Å². The zero-order valence-corrected chi connectivity index (χ0v) is 21.4. The molecule has 0 saturated carbocycles. The van der Waals surface area contributed by atoms with Gasteiger partial charge in [0.25, 0.3) is 6.43 Å². The van der Waals surface area contributed by atoms with E-state index in [1.165, 1.54) is 12.1 Å². The maximum Gasteiger partial charge on any atom is 0.351 e. The second kappa shape index (κ2) is 9.77. The summed E-state index contributed by atoms with van der Waals surface area (Å²) in [4.78, 5) is 16.9. The molecule has 0 aliphatic carbocycles. The van der Waals surface area contributed by atoms with Gasteiger partial charge in [-0.15, -0.1) is 5.10 Å². The molecule has 13 heteroatoms. The van der Waals surface area contributed by atoms with Crippen LogP contribution >= 0.6 is 27.3 Å². The highest BCUT2D eigenvalue weighted by molar-refractivity contribution is 9.11. The quantitative estimate of drug-likeness (QED) is 0.234. The number of hydrogen-bond donors (Lipinski definition) is 0. The lowest BCUT2D eigenvalue weighted by Crippen LogP contribution is -2.28. The van der Waals surface area contributed by atoms with E-state index in [2.05, 4.69) is 26.0 Å². The van der Waals surface area contributed by atoms with E-state index in [-0.39, 0.29) is 31.8 Å². The van der Waals surface area contributed by atoms with Gasteiger partial charge in [-0.3, -0.25) is 4.57 Å². The van der Waals surface area contributed by atoms with E-state index in [1.54, 1.807) is 20.8 Å². The number of aromatic nitrogens is 4. The Morgan fingerprint density at radius 3 is 2.33 bits per heavy atom. The molecular weight excluding hydrogens is 571 g/mol. The standard InChI is InChI=1S/C23H18BrF5N4O2S/c1-23(2,3)20-31-33(22(34)32(20)10-12-13(25)5-4-6-14(12)26)11-7-8-16(15(27)9-11)35-19-17(18(28)29)30-21(24)36-19/h4-9,18H,10H2,1-3H3. The number of halogens is 6. The van der Waals surface area contributed by atoms with Crippen LogP contribution in [-0.4, -0.2) is 19.3 Å². The molecule has 2 aromatic heterocycles. The molecule has 0 amide bonds. The van der Waals surface area contributed by atoms with Gasteiger partial charge in [-0.2, -0.15) is 4.68 Å². The molecule has 0 fully saturated rings. The topological polar surface area (TPSA) is 61.9 Å². The van der Waals surface area contributed by atoms with Crippen molar-refractivity contribution in [2.45, 2.75) is 39.2 Å². The van der Waals surface area contributed by atoms with E-state index in [9.17, 15) is 26.7 Å². The average Bonchev–Trinajstić information content (AvgIpc) is 3.32. The van der Waals surface area contributed by atoms with Crippen molar-refractivity contribution in [3.63, 3.8) is 0 Å². The van der Waals surface area contributed by atoms with Gasteiger partial charge in [-0.25, -0.2) is 31.7 Å². The fourth-order valence-electron chi connectivity index (χ4n) is 3.41. The first-order valence-corrected chi connectivity index (χ1v) is 12.0. The molecule has 6 nitrogen and oxygen atoms in total. The third-order valence-corrected chi connectivity index (χ3v) is 6.48. The van der Waals surface area contributed by atoms with Crippen molar-refractivity contribution in [3.8, 4) is 16.5 Å². The zero-order valence-electron chi connectivity index (χ0n) is 19.0. The largest absolute Gasteiger partial charge is 0.441 e. The Balaban J connectivity index is 1.74. The molecule has 0 unspecified atom stereocenters. The average molecular weight is 589 g/mol. The molecule has 0 aliphatic rings. The molecule has 36 heavy (non-hydrogen) atoms. The Hall–Kier alpha value is -3.06. The Bertz CT molecular complexity index is 1470. The molecule has 190 valence electrons. The lowest BCUT2D eigenvalue weighted by Gasteiger charge is -2.18. The molecule has 0 aliphatic heterocycles. The van der Waals surface area contributed by atoms with Crippen LogP contribution in [0.15, 0.2) is 45.1 Å². The monoisotopic (exact) mass is 588 g/mol. The highest BCUT2D eigenvalue weighted by Crippen LogP contribution is 2.40. The number of ether oxygens (including phenoxy) is 1. The van der Waals surface area contributed by atoms with Gasteiger partial charge in [0.05, 0.1) is 12.2 Å². The molecule has 0 saturated heterocycles. The summed E-state index contributed by atoms with van der Waals surface area (Å²) in [6.07, 6.45) is -2.93. The van der Waals surface area contributed by atoms with Crippen LogP contribution in [0.25, 0.3) is 5.69 Å². The van der Waals surface area contributed by atoms with Gasteiger partial charge in [-0.05, 0) is 40.2 Å². The Kier molecular flexibility index (Phi) is 7.06. The lowest BCUT2D eigenvalue weighted by molar-refractivity contribution is 0.143. The third-order valence-electron chi connectivity index (χ3n) is 5.08.